The first-order valence-corrected chi connectivity index (χ1v) is 8.83. The quantitative estimate of drug-likeness (QED) is 0.249. The van der Waals surface area contributed by atoms with Gasteiger partial charge in [-0.25, -0.2) is 9.18 Å². The number of ether oxygens (including phenoxy) is 3. The zero-order valence-electron chi connectivity index (χ0n) is 15.8. The number of halogens is 1. The molecule has 30 heavy (non-hydrogen) atoms. The smallest absolute Gasteiger partial charge is 0.338 e. The molecule has 2 N–H and O–H groups in total. The van der Waals surface area contributed by atoms with E-state index < -0.39 is 22.4 Å². The maximum atomic E-state index is 13.1. The van der Waals surface area contributed by atoms with Gasteiger partial charge in [0.15, 0.2) is 0 Å². The van der Waals surface area contributed by atoms with E-state index in [0.29, 0.717) is 11.3 Å². The van der Waals surface area contributed by atoms with Crippen LogP contribution in [0.15, 0.2) is 60.7 Å². The van der Waals surface area contributed by atoms with Gasteiger partial charge in [-0.1, -0.05) is 0 Å². The zero-order valence-corrected chi connectivity index (χ0v) is 15.8. The summed E-state index contributed by atoms with van der Waals surface area (Å²) in [4.78, 5) is 22.5. The van der Waals surface area contributed by atoms with Gasteiger partial charge >= 0.3 is 11.7 Å². The first-order valence-electron chi connectivity index (χ1n) is 8.83. The van der Waals surface area contributed by atoms with E-state index in [4.69, 9.17) is 19.9 Å². The molecular weight excluding hydrogens is 395 g/mol. The van der Waals surface area contributed by atoms with Crippen molar-refractivity contribution in [2.75, 3.05) is 12.3 Å². The molecule has 0 fully saturated rings. The van der Waals surface area contributed by atoms with Crippen molar-refractivity contribution in [1.82, 2.24) is 0 Å². The number of rotatable bonds is 7. The summed E-state index contributed by atoms with van der Waals surface area (Å²) in [6.45, 7) is 1.93. The van der Waals surface area contributed by atoms with Gasteiger partial charge in [-0.15, -0.1) is 0 Å². The Labute approximate surface area is 170 Å². The molecule has 8 nitrogen and oxygen atoms in total. The maximum Gasteiger partial charge on any atom is 0.338 e. The van der Waals surface area contributed by atoms with Gasteiger partial charge in [0.2, 0.25) is 5.75 Å². The molecule has 154 valence electrons. The number of nitro benzene ring substituents is 1. The van der Waals surface area contributed by atoms with Gasteiger partial charge in [-0.2, -0.15) is 0 Å². The fourth-order valence-electron chi connectivity index (χ4n) is 2.57. The third-order valence-corrected chi connectivity index (χ3v) is 3.90. The van der Waals surface area contributed by atoms with Crippen LogP contribution in [0.4, 0.5) is 15.8 Å². The van der Waals surface area contributed by atoms with Gasteiger partial charge in [-0.05, 0) is 55.5 Å². The Morgan fingerprint density at radius 1 is 1.00 bits per heavy atom. The number of nitro groups is 1. The van der Waals surface area contributed by atoms with Crippen LogP contribution in [0.25, 0.3) is 0 Å². The Morgan fingerprint density at radius 2 is 1.60 bits per heavy atom. The van der Waals surface area contributed by atoms with E-state index in [2.05, 4.69) is 0 Å². The summed E-state index contributed by atoms with van der Waals surface area (Å²) in [5.74, 6) is -0.349. The highest BCUT2D eigenvalue weighted by molar-refractivity contribution is 5.89. The van der Waals surface area contributed by atoms with Crippen molar-refractivity contribution < 1.29 is 28.3 Å². The molecule has 0 aliphatic heterocycles. The molecule has 0 atom stereocenters. The Balaban J connectivity index is 1.90. The van der Waals surface area contributed by atoms with E-state index in [9.17, 15) is 19.3 Å². The van der Waals surface area contributed by atoms with Crippen LogP contribution >= 0.6 is 0 Å². The number of anilines is 1. The Kier molecular flexibility index (Phi) is 6.11. The fourth-order valence-corrected chi connectivity index (χ4v) is 2.57. The van der Waals surface area contributed by atoms with Gasteiger partial charge in [0.25, 0.3) is 0 Å². The number of nitrogen functional groups attached to an aromatic ring is 1. The number of benzene rings is 3. The molecule has 0 aliphatic carbocycles. The van der Waals surface area contributed by atoms with Crippen LogP contribution in [0.2, 0.25) is 0 Å². The lowest BCUT2D eigenvalue weighted by molar-refractivity contribution is -0.384. The van der Waals surface area contributed by atoms with Gasteiger partial charge in [-0.3, -0.25) is 10.1 Å². The first kappa shape index (κ1) is 20.6. The molecule has 0 aromatic heterocycles. The van der Waals surface area contributed by atoms with Gasteiger partial charge < -0.3 is 19.9 Å². The minimum Gasteiger partial charge on any atom is -0.462 e. The normalized spacial score (nSPS) is 10.3. The van der Waals surface area contributed by atoms with Crippen LogP contribution in [0, 0.1) is 15.9 Å². The number of nitrogens with zero attached hydrogens (tertiary/aromatic N) is 1. The van der Waals surface area contributed by atoms with Gasteiger partial charge in [0.1, 0.15) is 28.8 Å². The molecule has 0 bridgehead atoms. The molecule has 3 aromatic carbocycles. The summed E-state index contributed by atoms with van der Waals surface area (Å²) < 4.78 is 29.2. The van der Waals surface area contributed by atoms with Crippen molar-refractivity contribution in [2.45, 2.75) is 6.92 Å². The number of hydrogen-bond donors (Lipinski definition) is 1. The molecule has 3 rings (SSSR count). The second-order valence-electron chi connectivity index (χ2n) is 6.02. The largest absolute Gasteiger partial charge is 0.462 e. The number of hydrogen-bond acceptors (Lipinski definition) is 7. The van der Waals surface area contributed by atoms with E-state index in [1.165, 1.54) is 60.7 Å². The summed E-state index contributed by atoms with van der Waals surface area (Å²) in [6, 6.07) is 13.7. The number of carbonyl (C=O) groups excluding carboxylic acids is 1. The van der Waals surface area contributed by atoms with Crippen molar-refractivity contribution >= 4 is 17.3 Å². The topological polar surface area (TPSA) is 114 Å². The van der Waals surface area contributed by atoms with Crippen molar-refractivity contribution in [1.29, 1.82) is 0 Å². The van der Waals surface area contributed by atoms with E-state index in [-0.39, 0.29) is 29.5 Å². The summed E-state index contributed by atoms with van der Waals surface area (Å²) in [5.41, 5.74) is 5.54. The lowest BCUT2D eigenvalue weighted by atomic mass is 10.2. The average molecular weight is 412 g/mol. The standard InChI is InChI=1S/C21H17FN2O6/c1-2-28-21(25)13-3-7-16(8-4-13)30-19-12-17(11-18(23)20(19)24(26)27)29-15-9-5-14(22)6-10-15/h3-12H,2,23H2,1H3. The maximum absolute atomic E-state index is 13.1. The van der Waals surface area contributed by atoms with Crippen molar-refractivity contribution in [2.24, 2.45) is 0 Å². The molecule has 0 heterocycles. The minimum absolute atomic E-state index is 0.152. The second-order valence-corrected chi connectivity index (χ2v) is 6.02. The number of esters is 1. The van der Waals surface area contributed by atoms with Crippen LogP contribution in [-0.4, -0.2) is 17.5 Å². The molecule has 0 aliphatic rings. The molecule has 9 heteroatoms. The lowest BCUT2D eigenvalue weighted by Crippen LogP contribution is -2.04. The predicted molar refractivity (Wildman–Crippen MR) is 106 cm³/mol. The highest BCUT2D eigenvalue weighted by Gasteiger charge is 2.23. The summed E-state index contributed by atoms with van der Waals surface area (Å²) in [5, 5.41) is 11.5. The van der Waals surface area contributed by atoms with Crippen molar-refractivity contribution in [3.63, 3.8) is 0 Å². The van der Waals surface area contributed by atoms with Crippen LogP contribution < -0.4 is 15.2 Å². The number of carbonyl (C=O) groups is 1. The fraction of sp³-hybridized carbons (Fsp3) is 0.0952. The van der Waals surface area contributed by atoms with E-state index in [0.717, 1.165) is 0 Å². The van der Waals surface area contributed by atoms with Crippen LogP contribution in [0.1, 0.15) is 17.3 Å². The van der Waals surface area contributed by atoms with E-state index >= 15 is 0 Å². The van der Waals surface area contributed by atoms with Crippen LogP contribution in [0.5, 0.6) is 23.0 Å². The molecule has 0 amide bonds. The average Bonchev–Trinajstić information content (AvgIpc) is 2.70. The minimum atomic E-state index is -0.667. The highest BCUT2D eigenvalue weighted by atomic mass is 19.1. The molecule has 0 unspecified atom stereocenters. The van der Waals surface area contributed by atoms with Gasteiger partial charge in [0, 0.05) is 12.1 Å². The molecule has 3 aromatic rings. The number of nitrogens with two attached hydrogens (primary N) is 1. The van der Waals surface area contributed by atoms with Crippen LogP contribution in [0.3, 0.4) is 0 Å². The highest BCUT2D eigenvalue weighted by Crippen LogP contribution is 2.41. The third-order valence-electron chi connectivity index (χ3n) is 3.90. The molecule has 0 saturated carbocycles. The van der Waals surface area contributed by atoms with Crippen molar-refractivity contribution in [3.05, 3.63) is 82.2 Å². The monoisotopic (exact) mass is 412 g/mol. The summed E-state index contributed by atoms with van der Waals surface area (Å²) in [6.07, 6.45) is 0. The van der Waals surface area contributed by atoms with Crippen molar-refractivity contribution in [3.8, 4) is 23.0 Å². The molecule has 0 saturated heterocycles. The van der Waals surface area contributed by atoms with Gasteiger partial charge in [0.05, 0.1) is 17.1 Å². The Hall–Kier alpha value is -4.14. The zero-order chi connectivity index (χ0) is 21.7. The lowest BCUT2D eigenvalue weighted by Gasteiger charge is -2.12. The summed E-state index contributed by atoms with van der Waals surface area (Å²) in [7, 11) is 0. The van der Waals surface area contributed by atoms with E-state index in [1.807, 2.05) is 0 Å². The Morgan fingerprint density at radius 3 is 2.20 bits per heavy atom. The van der Waals surface area contributed by atoms with E-state index in [1.54, 1.807) is 6.92 Å². The molecule has 0 spiro atoms. The predicted octanol–water partition coefficient (Wildman–Crippen LogP) is 5.08. The molecular formula is C21H17FN2O6. The first-order chi connectivity index (χ1) is 14.4. The SMILES string of the molecule is CCOC(=O)c1ccc(Oc2cc(Oc3ccc(F)cc3)cc(N)c2[N+](=O)[O-])cc1. The Bertz CT molecular complexity index is 1070. The third kappa shape index (κ3) is 4.82. The van der Waals surface area contributed by atoms with Crippen LogP contribution in [-0.2, 0) is 4.74 Å². The second kappa shape index (κ2) is 8.91. The summed E-state index contributed by atoms with van der Waals surface area (Å²) >= 11 is 0. The molecule has 0 radical (unpaired) electrons.